The first kappa shape index (κ1) is 14.7. The summed E-state index contributed by atoms with van der Waals surface area (Å²) >= 11 is 0. The average Bonchev–Trinajstić information content (AvgIpc) is 2.52. The Bertz CT molecular complexity index is 412. The van der Waals surface area contributed by atoms with E-state index in [0.29, 0.717) is 37.6 Å². The summed E-state index contributed by atoms with van der Waals surface area (Å²) in [7, 11) is 0. The maximum absolute atomic E-state index is 8.75. The molecule has 0 aliphatic carbocycles. The van der Waals surface area contributed by atoms with Crippen LogP contribution in [-0.4, -0.2) is 59.5 Å². The van der Waals surface area contributed by atoms with Crippen LogP contribution in [0, 0.1) is 0 Å². The highest BCUT2D eigenvalue weighted by Crippen LogP contribution is 2.14. The molecule has 2 rings (SSSR count). The van der Waals surface area contributed by atoms with E-state index in [1.165, 1.54) is 0 Å². The van der Waals surface area contributed by atoms with Crippen LogP contribution < -0.4 is 21.5 Å². The summed E-state index contributed by atoms with van der Waals surface area (Å²) in [6, 6.07) is 0. The van der Waals surface area contributed by atoms with Gasteiger partial charge in [-0.2, -0.15) is 15.0 Å². The van der Waals surface area contributed by atoms with Gasteiger partial charge in [-0.3, -0.25) is 5.43 Å². The summed E-state index contributed by atoms with van der Waals surface area (Å²) in [6.45, 7) is 3.70. The molecule has 0 atom stereocenters. The molecule has 0 saturated carbocycles. The monoisotopic (exact) mass is 283 g/mol. The van der Waals surface area contributed by atoms with Crippen molar-refractivity contribution in [2.45, 2.75) is 12.8 Å². The fourth-order valence-corrected chi connectivity index (χ4v) is 1.85. The Morgan fingerprint density at radius 2 is 1.90 bits per heavy atom. The number of ether oxygens (including phenoxy) is 1. The van der Waals surface area contributed by atoms with Crippen molar-refractivity contribution in [3.05, 3.63) is 0 Å². The molecule has 0 aromatic carbocycles. The van der Waals surface area contributed by atoms with Crippen molar-refractivity contribution in [3.63, 3.8) is 0 Å². The number of rotatable bonds is 7. The zero-order chi connectivity index (χ0) is 14.2. The largest absolute Gasteiger partial charge is 0.396 e. The summed E-state index contributed by atoms with van der Waals surface area (Å²) in [6.07, 6.45) is 1.59. The lowest BCUT2D eigenvalue weighted by Gasteiger charge is -2.27. The summed E-state index contributed by atoms with van der Waals surface area (Å²) < 4.78 is 5.31. The van der Waals surface area contributed by atoms with E-state index in [-0.39, 0.29) is 6.61 Å². The van der Waals surface area contributed by atoms with Gasteiger partial charge in [0.2, 0.25) is 17.8 Å². The third-order valence-electron chi connectivity index (χ3n) is 2.91. The Labute approximate surface area is 117 Å². The van der Waals surface area contributed by atoms with Gasteiger partial charge in [-0.1, -0.05) is 0 Å². The molecule has 9 heteroatoms. The van der Waals surface area contributed by atoms with E-state index in [1.54, 1.807) is 0 Å². The van der Waals surface area contributed by atoms with Gasteiger partial charge in [-0.05, 0) is 12.8 Å². The quantitative estimate of drug-likeness (QED) is 0.289. The summed E-state index contributed by atoms with van der Waals surface area (Å²) in [5.74, 6) is 6.78. The number of aliphatic hydroxyl groups is 1. The van der Waals surface area contributed by atoms with Crippen LogP contribution in [0.1, 0.15) is 12.8 Å². The number of unbranched alkanes of at least 4 members (excludes halogenated alkanes) is 1. The smallest absolute Gasteiger partial charge is 0.243 e. The highest BCUT2D eigenvalue weighted by molar-refractivity contribution is 5.43. The molecule has 5 N–H and O–H groups in total. The Hall–Kier alpha value is -1.71. The van der Waals surface area contributed by atoms with Gasteiger partial charge in [0, 0.05) is 26.2 Å². The third-order valence-corrected chi connectivity index (χ3v) is 2.91. The predicted octanol–water partition coefficient (Wildman–Crippen LogP) is -0.822. The zero-order valence-corrected chi connectivity index (χ0v) is 11.4. The maximum Gasteiger partial charge on any atom is 0.243 e. The van der Waals surface area contributed by atoms with Crippen LogP contribution in [0.5, 0.6) is 0 Å². The SMILES string of the molecule is NNc1nc(NCCCCO)nc(N2CCOCC2)n1. The first-order chi connectivity index (χ1) is 9.83. The molecule has 9 nitrogen and oxygen atoms in total. The molecule has 1 aliphatic rings. The first-order valence-corrected chi connectivity index (χ1v) is 6.73. The van der Waals surface area contributed by atoms with Crippen LogP contribution in [0.2, 0.25) is 0 Å². The Morgan fingerprint density at radius 1 is 1.15 bits per heavy atom. The molecule has 0 radical (unpaired) electrons. The molecule has 1 saturated heterocycles. The lowest BCUT2D eigenvalue weighted by Crippen LogP contribution is -2.37. The van der Waals surface area contributed by atoms with E-state index in [2.05, 4.69) is 25.7 Å². The molecule has 1 fully saturated rings. The summed E-state index contributed by atoms with van der Waals surface area (Å²) in [5, 5.41) is 11.9. The molecule has 20 heavy (non-hydrogen) atoms. The molecule has 1 aromatic heterocycles. The Morgan fingerprint density at radius 3 is 2.60 bits per heavy atom. The summed E-state index contributed by atoms with van der Waals surface area (Å²) in [4.78, 5) is 14.8. The highest BCUT2D eigenvalue weighted by Gasteiger charge is 2.16. The van der Waals surface area contributed by atoms with E-state index in [9.17, 15) is 0 Å². The number of morpholine rings is 1. The van der Waals surface area contributed by atoms with Crippen molar-refractivity contribution < 1.29 is 9.84 Å². The number of hydrazine groups is 1. The highest BCUT2D eigenvalue weighted by atomic mass is 16.5. The van der Waals surface area contributed by atoms with E-state index >= 15 is 0 Å². The van der Waals surface area contributed by atoms with Crippen molar-refractivity contribution in [2.75, 3.05) is 55.1 Å². The van der Waals surface area contributed by atoms with Crippen molar-refractivity contribution in [3.8, 4) is 0 Å². The van der Waals surface area contributed by atoms with Crippen molar-refractivity contribution in [2.24, 2.45) is 5.84 Å². The number of nitrogen functional groups attached to an aromatic ring is 1. The number of aliphatic hydroxyl groups excluding tert-OH is 1. The molecule has 0 unspecified atom stereocenters. The number of hydrogen-bond acceptors (Lipinski definition) is 9. The first-order valence-electron chi connectivity index (χ1n) is 6.73. The fraction of sp³-hybridized carbons (Fsp3) is 0.727. The number of hydrogen-bond donors (Lipinski definition) is 4. The number of nitrogens with one attached hydrogen (secondary N) is 2. The van der Waals surface area contributed by atoms with Gasteiger partial charge in [0.25, 0.3) is 0 Å². The predicted molar refractivity (Wildman–Crippen MR) is 75.5 cm³/mol. The van der Waals surface area contributed by atoms with Gasteiger partial charge in [-0.15, -0.1) is 0 Å². The number of anilines is 3. The van der Waals surface area contributed by atoms with E-state index in [4.69, 9.17) is 15.7 Å². The number of nitrogens with zero attached hydrogens (tertiary/aromatic N) is 4. The topological polar surface area (TPSA) is 121 Å². The minimum atomic E-state index is 0.188. The van der Waals surface area contributed by atoms with Crippen molar-refractivity contribution in [1.82, 2.24) is 15.0 Å². The van der Waals surface area contributed by atoms with Crippen LogP contribution in [0.4, 0.5) is 17.8 Å². The van der Waals surface area contributed by atoms with Gasteiger partial charge < -0.3 is 20.1 Å². The van der Waals surface area contributed by atoms with Crippen LogP contribution in [-0.2, 0) is 4.74 Å². The zero-order valence-electron chi connectivity index (χ0n) is 11.4. The van der Waals surface area contributed by atoms with Crippen LogP contribution in [0.15, 0.2) is 0 Å². The summed E-state index contributed by atoms with van der Waals surface area (Å²) in [5.41, 5.74) is 2.45. The molecule has 1 aliphatic heterocycles. The molecular formula is C11H21N7O2. The van der Waals surface area contributed by atoms with Crippen LogP contribution in [0.25, 0.3) is 0 Å². The van der Waals surface area contributed by atoms with Gasteiger partial charge in [0.05, 0.1) is 13.2 Å². The molecular weight excluding hydrogens is 262 g/mol. The maximum atomic E-state index is 8.75. The minimum absolute atomic E-state index is 0.188. The second-order valence-electron chi connectivity index (χ2n) is 4.38. The average molecular weight is 283 g/mol. The van der Waals surface area contributed by atoms with E-state index < -0.39 is 0 Å². The van der Waals surface area contributed by atoms with E-state index in [0.717, 1.165) is 25.9 Å². The minimum Gasteiger partial charge on any atom is -0.396 e. The van der Waals surface area contributed by atoms with Crippen molar-refractivity contribution >= 4 is 17.8 Å². The van der Waals surface area contributed by atoms with Gasteiger partial charge in [-0.25, -0.2) is 5.84 Å². The molecule has 0 bridgehead atoms. The molecule has 0 spiro atoms. The second-order valence-corrected chi connectivity index (χ2v) is 4.38. The van der Waals surface area contributed by atoms with Crippen LogP contribution in [0.3, 0.4) is 0 Å². The van der Waals surface area contributed by atoms with Gasteiger partial charge in [0.1, 0.15) is 0 Å². The lowest BCUT2D eigenvalue weighted by molar-refractivity contribution is 0.122. The second kappa shape index (κ2) is 7.78. The molecule has 112 valence electrons. The Balaban J connectivity index is 2.03. The Kier molecular flexibility index (Phi) is 5.71. The fourth-order valence-electron chi connectivity index (χ4n) is 1.85. The van der Waals surface area contributed by atoms with Gasteiger partial charge >= 0.3 is 0 Å². The number of aromatic nitrogens is 3. The van der Waals surface area contributed by atoms with Crippen LogP contribution >= 0.6 is 0 Å². The van der Waals surface area contributed by atoms with Gasteiger partial charge in [0.15, 0.2) is 0 Å². The standard InChI is InChI=1S/C11H21N7O2/c12-17-10-14-9(13-3-1-2-6-19)15-11(16-10)18-4-7-20-8-5-18/h19H,1-8,12H2,(H2,13,14,15,16,17). The molecule has 0 amide bonds. The van der Waals surface area contributed by atoms with Crippen molar-refractivity contribution in [1.29, 1.82) is 0 Å². The van der Waals surface area contributed by atoms with E-state index in [1.807, 2.05) is 4.90 Å². The molecule has 2 heterocycles. The number of nitrogens with two attached hydrogens (primary N) is 1. The third kappa shape index (κ3) is 4.15. The lowest BCUT2D eigenvalue weighted by atomic mass is 10.3. The normalized spacial score (nSPS) is 15.2. The molecule has 1 aromatic rings.